The molecule has 1 atom stereocenters. The zero-order valence-electron chi connectivity index (χ0n) is 17.0. The third kappa shape index (κ3) is 5.33. The fourth-order valence-corrected chi connectivity index (χ4v) is 5.13. The minimum Gasteiger partial charge on any atom is -0.366 e. The lowest BCUT2D eigenvalue weighted by molar-refractivity contribution is -0.112. The monoisotopic (exact) mass is 443 g/mol. The first kappa shape index (κ1) is 21.2. The second-order valence-electron chi connectivity index (χ2n) is 7.62. The van der Waals surface area contributed by atoms with Gasteiger partial charge >= 0.3 is 0 Å². The topological polar surface area (TPSA) is 70.2 Å². The van der Waals surface area contributed by atoms with Gasteiger partial charge in [-0.15, -0.1) is 0 Å². The van der Waals surface area contributed by atoms with Crippen molar-refractivity contribution < 1.29 is 4.79 Å². The Balaban J connectivity index is 1.35. The van der Waals surface area contributed by atoms with E-state index in [-0.39, 0.29) is 10.7 Å². The molecule has 2 aliphatic rings. The number of nitrogens with zero attached hydrogens (tertiary/aromatic N) is 3. The summed E-state index contributed by atoms with van der Waals surface area (Å²) < 4.78 is 0. The second-order valence-corrected chi connectivity index (χ2v) is 9.16. The number of likely N-dealkylation sites (tertiary alicyclic amines) is 1. The summed E-state index contributed by atoms with van der Waals surface area (Å²) in [5.74, 6) is 2.00. The number of anilines is 2. The van der Waals surface area contributed by atoms with E-state index in [1.165, 1.54) is 5.56 Å². The van der Waals surface area contributed by atoms with Crippen LogP contribution in [0.4, 0.5) is 11.6 Å². The van der Waals surface area contributed by atoms with Gasteiger partial charge in [0.25, 0.3) is 0 Å². The molecule has 4 rings (SSSR count). The highest BCUT2D eigenvalue weighted by Crippen LogP contribution is 2.37. The van der Waals surface area contributed by atoms with Gasteiger partial charge in [0.15, 0.2) is 0 Å². The van der Waals surface area contributed by atoms with Crippen LogP contribution in [0.2, 0.25) is 0 Å². The highest BCUT2D eigenvalue weighted by molar-refractivity contribution is 8.09. The highest BCUT2D eigenvalue weighted by Gasteiger charge is 2.29. The lowest BCUT2D eigenvalue weighted by atomic mass is 9.94. The largest absolute Gasteiger partial charge is 0.366 e. The summed E-state index contributed by atoms with van der Waals surface area (Å²) >= 11 is 7.33. The predicted molar refractivity (Wildman–Crippen MR) is 123 cm³/mol. The summed E-state index contributed by atoms with van der Waals surface area (Å²) in [6.07, 6.45) is 7.35. The average molecular weight is 444 g/mol. The average Bonchev–Trinajstić information content (AvgIpc) is 3.24. The standard InChI is InChI=1S/C22H26ClN5OS/c1-2-15-6-9-24-21(13-15)27-20-5-3-4-17(26-20)18-14-25-22(30-18)28-10-7-16(8-11-28)12-19(23)29/h3-6,9,13-14,16,22,25H,2,7-8,10-12H2,1H3,(H,24,26,27). The van der Waals surface area contributed by atoms with E-state index in [1.807, 2.05) is 36.7 Å². The zero-order valence-corrected chi connectivity index (χ0v) is 18.5. The van der Waals surface area contributed by atoms with Crippen molar-refractivity contribution >= 4 is 45.1 Å². The molecule has 158 valence electrons. The molecule has 0 aromatic carbocycles. The van der Waals surface area contributed by atoms with Crippen LogP contribution in [0.5, 0.6) is 0 Å². The van der Waals surface area contributed by atoms with Gasteiger partial charge in [-0.3, -0.25) is 9.69 Å². The van der Waals surface area contributed by atoms with E-state index >= 15 is 0 Å². The Hall–Kier alpha value is -2.09. The molecule has 2 aromatic rings. The summed E-state index contributed by atoms with van der Waals surface area (Å²) in [5.41, 5.74) is 2.38. The molecule has 6 nitrogen and oxygen atoms in total. The van der Waals surface area contributed by atoms with E-state index in [2.05, 4.69) is 33.5 Å². The smallest absolute Gasteiger partial charge is 0.221 e. The summed E-state index contributed by atoms with van der Waals surface area (Å²) in [6, 6.07) is 10.1. The number of thioether (sulfide) groups is 1. The van der Waals surface area contributed by atoms with Crippen molar-refractivity contribution in [2.75, 3.05) is 18.4 Å². The van der Waals surface area contributed by atoms with Crippen LogP contribution in [0.1, 0.15) is 37.4 Å². The van der Waals surface area contributed by atoms with E-state index < -0.39 is 0 Å². The Morgan fingerprint density at radius 1 is 1.30 bits per heavy atom. The van der Waals surface area contributed by atoms with Crippen molar-refractivity contribution in [2.45, 2.75) is 38.1 Å². The maximum absolute atomic E-state index is 11.1. The van der Waals surface area contributed by atoms with Crippen LogP contribution in [0.25, 0.3) is 4.91 Å². The normalized spacial score (nSPS) is 19.9. The van der Waals surface area contributed by atoms with Gasteiger partial charge in [-0.2, -0.15) is 0 Å². The van der Waals surface area contributed by atoms with Crippen molar-refractivity contribution in [3.8, 4) is 0 Å². The fourth-order valence-electron chi connectivity index (χ4n) is 3.80. The number of carbonyl (C=O) groups excluding carboxylic acids is 1. The Kier molecular flexibility index (Phi) is 6.92. The number of nitrogens with one attached hydrogen (secondary N) is 2. The van der Waals surface area contributed by atoms with Gasteiger partial charge in [-0.25, -0.2) is 9.97 Å². The second kappa shape index (κ2) is 9.81. The number of aromatic nitrogens is 2. The lowest BCUT2D eigenvalue weighted by Gasteiger charge is -2.35. The Morgan fingerprint density at radius 2 is 2.13 bits per heavy atom. The van der Waals surface area contributed by atoms with Gasteiger partial charge in [0, 0.05) is 31.9 Å². The first-order chi connectivity index (χ1) is 14.6. The molecule has 2 aliphatic heterocycles. The minimum absolute atomic E-state index is 0.203. The molecule has 0 saturated carbocycles. The quantitative estimate of drug-likeness (QED) is 0.607. The molecular weight excluding hydrogens is 418 g/mol. The molecule has 0 aliphatic carbocycles. The summed E-state index contributed by atoms with van der Waals surface area (Å²) in [6.45, 7) is 4.06. The van der Waals surface area contributed by atoms with Gasteiger partial charge in [0.2, 0.25) is 5.24 Å². The summed E-state index contributed by atoms with van der Waals surface area (Å²) in [5, 5.41) is 6.57. The van der Waals surface area contributed by atoms with Crippen LogP contribution in [-0.2, 0) is 11.2 Å². The van der Waals surface area contributed by atoms with Crippen molar-refractivity contribution in [1.82, 2.24) is 20.2 Å². The number of pyridine rings is 2. The molecule has 1 fully saturated rings. The predicted octanol–water partition coefficient (Wildman–Crippen LogP) is 4.57. The van der Waals surface area contributed by atoms with E-state index in [0.29, 0.717) is 12.3 Å². The molecule has 1 unspecified atom stereocenters. The Morgan fingerprint density at radius 3 is 2.90 bits per heavy atom. The van der Waals surface area contributed by atoms with Crippen molar-refractivity contribution in [3.63, 3.8) is 0 Å². The molecule has 0 amide bonds. The minimum atomic E-state index is -0.220. The van der Waals surface area contributed by atoms with Crippen molar-refractivity contribution in [2.24, 2.45) is 5.92 Å². The maximum atomic E-state index is 11.1. The first-order valence-electron chi connectivity index (χ1n) is 10.4. The van der Waals surface area contributed by atoms with Crippen molar-refractivity contribution in [1.29, 1.82) is 0 Å². The Labute approximate surface area is 186 Å². The lowest BCUT2D eigenvalue weighted by Crippen LogP contribution is -2.44. The number of hydrogen-bond acceptors (Lipinski definition) is 7. The molecule has 2 aromatic heterocycles. The third-order valence-electron chi connectivity index (χ3n) is 5.52. The third-order valence-corrected chi connectivity index (χ3v) is 6.91. The molecule has 0 spiro atoms. The van der Waals surface area contributed by atoms with Gasteiger partial charge in [-0.05, 0) is 66.6 Å². The molecule has 2 N–H and O–H groups in total. The zero-order chi connectivity index (χ0) is 20.9. The fraction of sp³-hybridized carbons (Fsp3) is 0.409. The number of rotatable bonds is 7. The van der Waals surface area contributed by atoms with Crippen LogP contribution in [0.15, 0.2) is 42.7 Å². The van der Waals surface area contributed by atoms with E-state index in [0.717, 1.165) is 54.6 Å². The number of halogens is 1. The Bertz CT molecular complexity index is 929. The van der Waals surface area contributed by atoms with Gasteiger partial charge in [0.05, 0.1) is 10.6 Å². The van der Waals surface area contributed by atoms with E-state index in [1.54, 1.807) is 11.8 Å². The molecule has 30 heavy (non-hydrogen) atoms. The van der Waals surface area contributed by atoms with Crippen molar-refractivity contribution in [3.05, 3.63) is 54.0 Å². The van der Waals surface area contributed by atoms with E-state index in [4.69, 9.17) is 16.6 Å². The van der Waals surface area contributed by atoms with Crippen LogP contribution in [0.3, 0.4) is 0 Å². The SMILES string of the molecule is CCc1ccnc(Nc2cccc(C3=CNC(N4CCC(CC(=O)Cl)CC4)S3)n2)c1. The molecule has 0 radical (unpaired) electrons. The summed E-state index contributed by atoms with van der Waals surface area (Å²) in [7, 11) is 0. The number of hydrogen-bond donors (Lipinski definition) is 2. The molecule has 1 saturated heterocycles. The van der Waals surface area contributed by atoms with Gasteiger partial charge in [-0.1, -0.05) is 24.8 Å². The molecule has 0 bridgehead atoms. The van der Waals surface area contributed by atoms with Crippen LogP contribution < -0.4 is 10.6 Å². The van der Waals surface area contributed by atoms with Crippen LogP contribution >= 0.6 is 23.4 Å². The van der Waals surface area contributed by atoms with E-state index in [9.17, 15) is 4.79 Å². The number of aryl methyl sites for hydroxylation is 1. The van der Waals surface area contributed by atoms with Gasteiger partial charge < -0.3 is 10.6 Å². The molecule has 8 heteroatoms. The molecule has 4 heterocycles. The number of carbonyl (C=O) groups is 1. The summed E-state index contributed by atoms with van der Waals surface area (Å²) in [4.78, 5) is 23.8. The van der Waals surface area contributed by atoms with Gasteiger partial charge in [0.1, 0.15) is 17.1 Å². The maximum Gasteiger partial charge on any atom is 0.221 e. The number of piperidine rings is 1. The first-order valence-corrected chi connectivity index (χ1v) is 11.6. The van der Waals surface area contributed by atoms with Crippen LogP contribution in [0, 0.1) is 5.92 Å². The highest BCUT2D eigenvalue weighted by atomic mass is 35.5. The molecular formula is C22H26ClN5OS. The van der Waals surface area contributed by atoms with Crippen LogP contribution in [-0.4, -0.2) is 38.7 Å².